The van der Waals surface area contributed by atoms with E-state index in [2.05, 4.69) is 48.5 Å². The summed E-state index contributed by atoms with van der Waals surface area (Å²) in [6.45, 7) is 6.91. The molecule has 0 aliphatic carbocycles. The van der Waals surface area contributed by atoms with Crippen molar-refractivity contribution in [3.8, 4) is 23.3 Å². The number of azo groups is 2. The van der Waals surface area contributed by atoms with Crippen molar-refractivity contribution < 1.29 is 17.8 Å². The second-order valence-corrected chi connectivity index (χ2v) is 15.0. The van der Waals surface area contributed by atoms with Gasteiger partial charge in [-0.1, -0.05) is 72.4 Å². The Labute approximate surface area is 333 Å². The minimum Gasteiger partial charge on any atom is -0.339 e. The van der Waals surface area contributed by atoms with E-state index < -0.39 is 10.1 Å². The van der Waals surface area contributed by atoms with Crippen LogP contribution < -0.4 is 16.0 Å². The van der Waals surface area contributed by atoms with E-state index in [0.717, 1.165) is 16.9 Å². The fourth-order valence-corrected chi connectivity index (χ4v) is 7.28. The molecule has 2 heterocycles. The standard InChI is InChI=1S/C41H34N10O4S2/c1-5-35(52)44-30-13-9-10-27(20-30)36-33(23-43)40(56-41(36)51-48-29-11-7-6-8-12-29)50-49-37-26(4)32(22-42)38(47-39(37)45-28-17-14-24(2)15-18-28)46-31-19-16-25(3)34(21-31)57(53,54)55/h6-21H,5H2,1-4H3,(H,44,52)(H2,45,46,47)(H,53,54,55). The SMILES string of the molecule is CCC(=O)Nc1cccc(-c2c(N=Nc3ccccc3)sc(N=Nc3c(Nc4ccc(C)cc4)nc(Nc4ccc(C)c(S(=O)(=O)O)c4)c(C#N)c3C)c2C#N)c1. The van der Waals surface area contributed by atoms with Gasteiger partial charge in [0, 0.05) is 34.6 Å². The van der Waals surface area contributed by atoms with Gasteiger partial charge in [0.05, 0.1) is 16.1 Å². The van der Waals surface area contributed by atoms with Gasteiger partial charge < -0.3 is 16.0 Å². The molecule has 0 unspecified atom stereocenters. The Morgan fingerprint density at radius 1 is 0.772 bits per heavy atom. The molecule has 2 aromatic heterocycles. The number of amides is 1. The number of nitrogens with one attached hydrogen (secondary N) is 3. The number of carbonyl (C=O) groups excluding carboxylic acids is 1. The van der Waals surface area contributed by atoms with Crippen LogP contribution in [0.1, 0.15) is 41.2 Å². The third kappa shape index (κ3) is 9.23. The first kappa shape index (κ1) is 39.6. The van der Waals surface area contributed by atoms with Crippen molar-refractivity contribution in [1.29, 1.82) is 10.5 Å². The van der Waals surface area contributed by atoms with Crippen molar-refractivity contribution in [2.45, 2.75) is 39.0 Å². The van der Waals surface area contributed by atoms with Gasteiger partial charge in [-0.15, -0.1) is 20.5 Å². The number of pyridine rings is 1. The number of hydrogen-bond donors (Lipinski definition) is 4. The maximum absolute atomic E-state index is 12.2. The second-order valence-electron chi connectivity index (χ2n) is 12.6. The van der Waals surface area contributed by atoms with Crippen LogP contribution in [0.15, 0.2) is 122 Å². The topological polar surface area (TPSA) is 217 Å². The van der Waals surface area contributed by atoms with Crippen molar-refractivity contribution in [1.82, 2.24) is 4.98 Å². The zero-order valence-electron chi connectivity index (χ0n) is 31.1. The number of nitriles is 2. The summed E-state index contributed by atoms with van der Waals surface area (Å²) < 4.78 is 33.9. The van der Waals surface area contributed by atoms with Crippen molar-refractivity contribution in [3.05, 3.63) is 125 Å². The summed E-state index contributed by atoms with van der Waals surface area (Å²) >= 11 is 1.09. The first-order valence-electron chi connectivity index (χ1n) is 17.4. The van der Waals surface area contributed by atoms with Gasteiger partial charge in [-0.05, 0) is 80.4 Å². The van der Waals surface area contributed by atoms with Crippen LogP contribution in [0.5, 0.6) is 0 Å². The number of thiophene rings is 1. The van der Waals surface area contributed by atoms with Gasteiger partial charge in [-0.25, -0.2) is 4.98 Å². The van der Waals surface area contributed by atoms with Crippen molar-refractivity contribution >= 4 is 77.4 Å². The van der Waals surface area contributed by atoms with Crippen LogP contribution in [0.3, 0.4) is 0 Å². The molecule has 16 heteroatoms. The van der Waals surface area contributed by atoms with Crippen LogP contribution in [0, 0.1) is 43.4 Å². The molecule has 4 aromatic carbocycles. The Kier molecular flexibility index (Phi) is 11.9. The molecule has 0 spiro atoms. The van der Waals surface area contributed by atoms with Crippen molar-refractivity contribution in [2.75, 3.05) is 16.0 Å². The quantitative estimate of drug-likeness (QED) is 0.0683. The zero-order valence-corrected chi connectivity index (χ0v) is 32.7. The van der Waals surface area contributed by atoms with Gasteiger partial charge in [0.15, 0.2) is 16.6 Å². The molecular formula is C41H34N10O4S2. The molecule has 0 saturated heterocycles. The molecular weight excluding hydrogens is 761 g/mol. The minimum absolute atomic E-state index is 0.0862. The van der Waals surface area contributed by atoms with E-state index >= 15 is 0 Å². The average molecular weight is 795 g/mol. The van der Waals surface area contributed by atoms with Crippen LogP contribution in [0.25, 0.3) is 11.1 Å². The number of rotatable bonds is 12. The average Bonchev–Trinajstić information content (AvgIpc) is 3.55. The zero-order chi connectivity index (χ0) is 40.7. The molecule has 4 N–H and O–H groups in total. The summed E-state index contributed by atoms with van der Waals surface area (Å²) in [7, 11) is -4.53. The summed E-state index contributed by atoms with van der Waals surface area (Å²) in [6.07, 6.45) is 0.285. The lowest BCUT2D eigenvalue weighted by molar-refractivity contribution is -0.115. The summed E-state index contributed by atoms with van der Waals surface area (Å²) in [4.78, 5) is 16.6. The molecule has 0 atom stereocenters. The molecule has 1 amide bonds. The van der Waals surface area contributed by atoms with E-state index in [1.807, 2.05) is 49.4 Å². The van der Waals surface area contributed by atoms with E-state index in [4.69, 9.17) is 4.98 Å². The van der Waals surface area contributed by atoms with Crippen molar-refractivity contribution in [2.24, 2.45) is 20.5 Å². The Balaban J connectivity index is 1.50. The first-order valence-corrected chi connectivity index (χ1v) is 19.6. The molecule has 0 aliphatic heterocycles. The number of aromatic nitrogens is 1. The molecule has 14 nitrogen and oxygen atoms in total. The Morgan fingerprint density at radius 3 is 2.14 bits per heavy atom. The van der Waals surface area contributed by atoms with E-state index in [0.29, 0.717) is 44.3 Å². The summed E-state index contributed by atoms with van der Waals surface area (Å²) in [5, 5.41) is 48.7. The smallest absolute Gasteiger partial charge is 0.294 e. The highest BCUT2D eigenvalue weighted by atomic mass is 32.2. The van der Waals surface area contributed by atoms with Gasteiger partial charge in [0.2, 0.25) is 5.91 Å². The van der Waals surface area contributed by atoms with Crippen LogP contribution in [0.2, 0.25) is 0 Å². The number of hydrogen-bond acceptors (Lipinski definition) is 13. The van der Waals surface area contributed by atoms with Crippen LogP contribution in [-0.2, 0) is 14.9 Å². The molecule has 57 heavy (non-hydrogen) atoms. The van der Waals surface area contributed by atoms with Crippen molar-refractivity contribution in [3.63, 3.8) is 0 Å². The fourth-order valence-electron chi connectivity index (χ4n) is 5.61. The Morgan fingerprint density at radius 2 is 1.46 bits per heavy atom. The van der Waals surface area contributed by atoms with Crippen LogP contribution in [0.4, 0.5) is 50.1 Å². The highest BCUT2D eigenvalue weighted by Crippen LogP contribution is 2.49. The number of benzene rings is 4. The highest BCUT2D eigenvalue weighted by Gasteiger charge is 2.23. The monoisotopic (exact) mass is 794 g/mol. The Bertz CT molecular complexity index is 2750. The maximum atomic E-state index is 12.2. The molecule has 0 fully saturated rings. The molecule has 284 valence electrons. The molecule has 0 saturated carbocycles. The predicted molar refractivity (Wildman–Crippen MR) is 221 cm³/mol. The van der Waals surface area contributed by atoms with Gasteiger partial charge in [-0.3, -0.25) is 9.35 Å². The van der Waals surface area contributed by atoms with Crippen LogP contribution >= 0.6 is 11.3 Å². The predicted octanol–water partition coefficient (Wildman–Crippen LogP) is 11.4. The van der Waals surface area contributed by atoms with Gasteiger partial charge >= 0.3 is 0 Å². The van der Waals surface area contributed by atoms with Gasteiger partial charge in [-0.2, -0.15) is 18.9 Å². The minimum atomic E-state index is -4.53. The molecule has 0 bridgehead atoms. The molecule has 6 aromatic rings. The number of nitrogens with zero attached hydrogens (tertiary/aromatic N) is 7. The van der Waals surface area contributed by atoms with Crippen LogP contribution in [-0.4, -0.2) is 23.9 Å². The Hall–Kier alpha value is -7.11. The number of anilines is 5. The lowest BCUT2D eigenvalue weighted by Gasteiger charge is -2.16. The normalized spacial score (nSPS) is 11.4. The molecule has 0 radical (unpaired) electrons. The lowest BCUT2D eigenvalue weighted by atomic mass is 10.0. The fraction of sp³-hybridized carbons (Fsp3) is 0.122. The summed E-state index contributed by atoms with van der Waals surface area (Å²) in [5.41, 5.74) is 5.24. The third-order valence-corrected chi connectivity index (χ3v) is 10.5. The second kappa shape index (κ2) is 17.1. The number of aryl methyl sites for hydroxylation is 2. The largest absolute Gasteiger partial charge is 0.339 e. The lowest BCUT2D eigenvalue weighted by Crippen LogP contribution is -2.09. The van der Waals surface area contributed by atoms with E-state index in [1.54, 1.807) is 63.2 Å². The third-order valence-electron chi connectivity index (χ3n) is 8.56. The summed E-state index contributed by atoms with van der Waals surface area (Å²) in [5.74, 6) is 0.112. The highest BCUT2D eigenvalue weighted by molar-refractivity contribution is 7.85. The first-order chi connectivity index (χ1) is 27.4. The molecule has 6 rings (SSSR count). The summed E-state index contributed by atoms with van der Waals surface area (Å²) in [6, 6.07) is 32.4. The van der Waals surface area contributed by atoms with Gasteiger partial charge in [0.25, 0.3) is 10.1 Å². The maximum Gasteiger partial charge on any atom is 0.294 e. The number of carbonyl (C=O) groups is 1. The molecule has 0 aliphatic rings. The van der Waals surface area contributed by atoms with E-state index in [9.17, 15) is 28.3 Å². The van der Waals surface area contributed by atoms with E-state index in [-0.39, 0.29) is 56.4 Å². The van der Waals surface area contributed by atoms with E-state index in [1.165, 1.54) is 12.1 Å². The van der Waals surface area contributed by atoms with Gasteiger partial charge in [0.1, 0.15) is 28.4 Å².